The van der Waals surface area contributed by atoms with Crippen LogP contribution in [0.25, 0.3) is 0 Å². The normalized spacial score (nSPS) is 10.5. The number of pyridine rings is 1. The maximum atomic E-state index is 12.4. The van der Waals surface area contributed by atoms with Crippen molar-refractivity contribution in [1.29, 1.82) is 0 Å². The van der Waals surface area contributed by atoms with Crippen LogP contribution in [-0.2, 0) is 0 Å². The van der Waals surface area contributed by atoms with Crippen LogP contribution in [-0.4, -0.2) is 15.9 Å². The van der Waals surface area contributed by atoms with Gasteiger partial charge in [0, 0.05) is 11.6 Å². The quantitative estimate of drug-likeness (QED) is 0.616. The minimum absolute atomic E-state index is 0.293. The highest BCUT2D eigenvalue weighted by Gasteiger charge is 2.14. The monoisotopic (exact) mass is 378 g/mol. The Labute approximate surface area is 152 Å². The van der Waals surface area contributed by atoms with E-state index in [-0.39, 0.29) is 5.91 Å². The number of carbonyl (C=O) groups is 1. The van der Waals surface area contributed by atoms with Gasteiger partial charge in [-0.25, -0.2) is 9.97 Å². The highest BCUT2D eigenvalue weighted by atomic mass is 35.5. The van der Waals surface area contributed by atoms with Gasteiger partial charge >= 0.3 is 0 Å². The Morgan fingerprint density at radius 2 is 2.04 bits per heavy atom. The molecule has 1 amide bonds. The number of aromatic nitrogens is 2. The molecule has 0 fully saturated rings. The Hall–Kier alpha value is -2.15. The topological polar surface area (TPSA) is 66.9 Å². The number of hydrogen-bond donors (Lipinski definition) is 2. The Bertz CT molecular complexity index is 877. The summed E-state index contributed by atoms with van der Waals surface area (Å²) in [4.78, 5) is 20.6. The molecule has 8 heteroatoms. The van der Waals surface area contributed by atoms with E-state index in [1.165, 1.54) is 11.3 Å². The third-order valence-corrected chi connectivity index (χ3v) is 4.57. The largest absolute Gasteiger partial charge is 0.329 e. The van der Waals surface area contributed by atoms with Crippen LogP contribution in [0.3, 0.4) is 0 Å². The van der Waals surface area contributed by atoms with E-state index in [2.05, 4.69) is 20.6 Å². The van der Waals surface area contributed by atoms with E-state index in [0.717, 1.165) is 5.56 Å². The van der Waals surface area contributed by atoms with Crippen molar-refractivity contribution in [3.63, 3.8) is 0 Å². The van der Waals surface area contributed by atoms with Crippen molar-refractivity contribution in [1.82, 2.24) is 9.97 Å². The Balaban J connectivity index is 1.76. The Morgan fingerprint density at radius 1 is 1.21 bits per heavy atom. The lowest BCUT2D eigenvalue weighted by Gasteiger charge is -2.08. The second-order valence-corrected chi connectivity index (χ2v) is 6.51. The molecule has 3 rings (SSSR count). The summed E-state index contributed by atoms with van der Waals surface area (Å²) in [6, 6.07) is 8.97. The summed E-state index contributed by atoms with van der Waals surface area (Å²) in [5, 5.41) is 8.86. The average molecular weight is 379 g/mol. The predicted octanol–water partition coefficient (Wildman–Crippen LogP) is 5.15. The van der Waals surface area contributed by atoms with E-state index < -0.39 is 0 Å². The van der Waals surface area contributed by atoms with Crippen LogP contribution < -0.4 is 10.6 Å². The molecular weight excluding hydrogens is 367 g/mol. The molecule has 0 aliphatic rings. The summed E-state index contributed by atoms with van der Waals surface area (Å²) < 4.78 is 0. The van der Waals surface area contributed by atoms with Gasteiger partial charge in [0.15, 0.2) is 10.3 Å². The van der Waals surface area contributed by atoms with Crippen LogP contribution in [0.15, 0.2) is 41.9 Å². The number of nitrogens with zero attached hydrogens (tertiary/aromatic N) is 2. The van der Waals surface area contributed by atoms with Gasteiger partial charge in [-0.15, -0.1) is 11.3 Å². The standard InChI is InChI=1S/C16H12Cl2N4OS/c1-9-4-2-5-10(17)13(9)22-15(23)12-8-24-16(21-12)20-11-6-3-7-19-14(11)18/h2-8H,1H3,(H,20,21)(H,22,23). The molecule has 2 N–H and O–H groups in total. The van der Waals surface area contributed by atoms with E-state index in [0.29, 0.717) is 32.4 Å². The molecule has 0 atom stereocenters. The van der Waals surface area contributed by atoms with Gasteiger partial charge < -0.3 is 10.6 Å². The number of benzene rings is 1. The summed E-state index contributed by atoms with van der Waals surface area (Å²) in [6.45, 7) is 1.87. The summed E-state index contributed by atoms with van der Waals surface area (Å²) in [6.07, 6.45) is 1.60. The number of anilines is 3. The SMILES string of the molecule is Cc1cccc(Cl)c1NC(=O)c1csc(Nc2cccnc2Cl)n1. The molecule has 0 unspecified atom stereocenters. The van der Waals surface area contributed by atoms with Crippen LogP contribution in [0.1, 0.15) is 16.1 Å². The minimum atomic E-state index is -0.326. The van der Waals surface area contributed by atoms with Crippen LogP contribution in [0, 0.1) is 6.92 Å². The molecule has 0 aliphatic carbocycles. The van der Waals surface area contributed by atoms with E-state index in [1.54, 1.807) is 29.8 Å². The van der Waals surface area contributed by atoms with E-state index in [1.807, 2.05) is 19.1 Å². The van der Waals surface area contributed by atoms with Crippen LogP contribution in [0.4, 0.5) is 16.5 Å². The molecular formula is C16H12Cl2N4OS. The molecule has 1 aromatic carbocycles. The first-order chi connectivity index (χ1) is 11.5. The third-order valence-electron chi connectivity index (χ3n) is 3.20. The van der Waals surface area contributed by atoms with Crippen molar-refractivity contribution in [3.05, 3.63) is 63.3 Å². The first-order valence-corrected chi connectivity index (χ1v) is 8.57. The van der Waals surface area contributed by atoms with E-state index in [4.69, 9.17) is 23.2 Å². The average Bonchev–Trinajstić information content (AvgIpc) is 3.02. The number of thiazole rings is 1. The molecule has 122 valence electrons. The lowest BCUT2D eigenvalue weighted by molar-refractivity contribution is 0.102. The first kappa shape index (κ1) is 16.7. The minimum Gasteiger partial charge on any atom is -0.329 e. The summed E-state index contributed by atoms with van der Waals surface area (Å²) >= 11 is 13.4. The molecule has 24 heavy (non-hydrogen) atoms. The second kappa shape index (κ2) is 7.17. The highest BCUT2D eigenvalue weighted by molar-refractivity contribution is 7.14. The van der Waals surface area contributed by atoms with Crippen molar-refractivity contribution < 1.29 is 4.79 Å². The fourth-order valence-electron chi connectivity index (χ4n) is 2.00. The van der Waals surface area contributed by atoms with Crippen LogP contribution in [0.2, 0.25) is 10.2 Å². The molecule has 2 aromatic heterocycles. The summed E-state index contributed by atoms with van der Waals surface area (Å²) in [5.41, 5.74) is 2.39. The molecule has 0 radical (unpaired) electrons. The van der Waals surface area contributed by atoms with Gasteiger partial charge in [-0.05, 0) is 30.7 Å². The molecule has 0 saturated heterocycles. The van der Waals surface area contributed by atoms with Crippen molar-refractivity contribution >= 4 is 57.0 Å². The Kier molecular flexibility index (Phi) is 4.99. The number of nitrogens with one attached hydrogen (secondary N) is 2. The maximum Gasteiger partial charge on any atom is 0.275 e. The number of carbonyl (C=O) groups excluding carboxylic acids is 1. The number of aryl methyl sites for hydroxylation is 1. The molecule has 5 nitrogen and oxygen atoms in total. The summed E-state index contributed by atoms with van der Waals surface area (Å²) in [5.74, 6) is -0.326. The zero-order chi connectivity index (χ0) is 17.1. The third kappa shape index (κ3) is 3.67. The fourth-order valence-corrected chi connectivity index (χ4v) is 3.14. The van der Waals surface area contributed by atoms with Crippen LogP contribution in [0.5, 0.6) is 0 Å². The van der Waals surface area contributed by atoms with Gasteiger partial charge in [-0.1, -0.05) is 35.3 Å². The van der Waals surface area contributed by atoms with Gasteiger partial charge in [0.05, 0.1) is 16.4 Å². The predicted molar refractivity (Wildman–Crippen MR) is 98.8 cm³/mol. The van der Waals surface area contributed by atoms with E-state index >= 15 is 0 Å². The molecule has 0 aliphatic heterocycles. The molecule has 2 heterocycles. The fraction of sp³-hybridized carbons (Fsp3) is 0.0625. The lowest BCUT2D eigenvalue weighted by atomic mass is 10.2. The number of amides is 1. The summed E-state index contributed by atoms with van der Waals surface area (Å²) in [7, 11) is 0. The first-order valence-electron chi connectivity index (χ1n) is 6.94. The molecule has 3 aromatic rings. The van der Waals surface area contributed by atoms with E-state index in [9.17, 15) is 4.79 Å². The van der Waals surface area contributed by atoms with Gasteiger partial charge in [-0.3, -0.25) is 4.79 Å². The smallest absolute Gasteiger partial charge is 0.275 e. The van der Waals surface area contributed by atoms with Crippen molar-refractivity contribution in [2.45, 2.75) is 6.92 Å². The van der Waals surface area contributed by atoms with Crippen molar-refractivity contribution in [3.8, 4) is 0 Å². The van der Waals surface area contributed by atoms with Crippen molar-refractivity contribution in [2.75, 3.05) is 10.6 Å². The van der Waals surface area contributed by atoms with Gasteiger partial charge in [-0.2, -0.15) is 0 Å². The number of halogens is 2. The zero-order valence-electron chi connectivity index (χ0n) is 12.5. The van der Waals surface area contributed by atoms with Gasteiger partial charge in [0.25, 0.3) is 5.91 Å². The lowest BCUT2D eigenvalue weighted by Crippen LogP contribution is -2.13. The number of para-hydroxylation sites is 1. The number of rotatable bonds is 4. The molecule has 0 spiro atoms. The molecule has 0 saturated carbocycles. The van der Waals surface area contributed by atoms with Gasteiger partial charge in [0.1, 0.15) is 5.69 Å². The second-order valence-electron chi connectivity index (χ2n) is 4.89. The number of hydrogen-bond acceptors (Lipinski definition) is 5. The zero-order valence-corrected chi connectivity index (χ0v) is 14.8. The molecule has 0 bridgehead atoms. The Morgan fingerprint density at radius 3 is 2.79 bits per heavy atom. The van der Waals surface area contributed by atoms with Crippen molar-refractivity contribution in [2.24, 2.45) is 0 Å². The maximum absolute atomic E-state index is 12.4. The van der Waals surface area contributed by atoms with Crippen LogP contribution >= 0.6 is 34.5 Å². The van der Waals surface area contributed by atoms with Gasteiger partial charge in [0.2, 0.25) is 0 Å². The highest BCUT2D eigenvalue weighted by Crippen LogP contribution is 2.28.